The van der Waals surface area contributed by atoms with Gasteiger partial charge in [0.15, 0.2) is 0 Å². The molecule has 1 heterocycles. The third-order valence-electron chi connectivity index (χ3n) is 3.81. The molecule has 0 unspecified atom stereocenters. The van der Waals surface area contributed by atoms with Gasteiger partial charge >= 0.3 is 5.97 Å². The summed E-state index contributed by atoms with van der Waals surface area (Å²) in [5.41, 5.74) is 1.12. The second-order valence-electron chi connectivity index (χ2n) is 5.05. The molecule has 5 heteroatoms. The van der Waals surface area contributed by atoms with Crippen LogP contribution in [0.3, 0.4) is 0 Å². The lowest BCUT2D eigenvalue weighted by atomic mass is 9.90. The van der Waals surface area contributed by atoms with Crippen LogP contribution in [-0.4, -0.2) is 28.6 Å². The molecule has 1 saturated heterocycles. The van der Waals surface area contributed by atoms with E-state index in [0.717, 1.165) is 36.0 Å². The Morgan fingerprint density at radius 2 is 2.32 bits per heavy atom. The van der Waals surface area contributed by atoms with Gasteiger partial charge in [0.2, 0.25) is 0 Å². The molecule has 0 spiro atoms. The SMILES string of the molecule is C[C@@H]1[C@H](C(=O)O)CCCN1Cc1ccc(Br)c(Cl)c1. The van der Waals surface area contributed by atoms with Crippen molar-refractivity contribution in [3.63, 3.8) is 0 Å². The quantitative estimate of drug-likeness (QED) is 0.905. The Morgan fingerprint density at radius 1 is 1.58 bits per heavy atom. The number of carbonyl (C=O) groups is 1. The summed E-state index contributed by atoms with van der Waals surface area (Å²) < 4.78 is 0.882. The Morgan fingerprint density at radius 3 is 2.95 bits per heavy atom. The van der Waals surface area contributed by atoms with Crippen LogP contribution in [0.5, 0.6) is 0 Å². The second-order valence-corrected chi connectivity index (χ2v) is 6.31. The number of piperidine rings is 1. The minimum Gasteiger partial charge on any atom is -0.481 e. The van der Waals surface area contributed by atoms with E-state index in [1.54, 1.807) is 0 Å². The van der Waals surface area contributed by atoms with E-state index in [0.29, 0.717) is 5.02 Å². The van der Waals surface area contributed by atoms with Gasteiger partial charge in [-0.3, -0.25) is 9.69 Å². The average Bonchev–Trinajstić information content (AvgIpc) is 2.36. The van der Waals surface area contributed by atoms with Crippen LogP contribution >= 0.6 is 27.5 Å². The summed E-state index contributed by atoms with van der Waals surface area (Å²) in [6.07, 6.45) is 1.71. The van der Waals surface area contributed by atoms with Crippen LogP contribution in [0.4, 0.5) is 0 Å². The Hall–Kier alpha value is -0.580. The van der Waals surface area contributed by atoms with Crippen molar-refractivity contribution >= 4 is 33.5 Å². The van der Waals surface area contributed by atoms with E-state index in [4.69, 9.17) is 11.6 Å². The largest absolute Gasteiger partial charge is 0.481 e. The molecule has 3 nitrogen and oxygen atoms in total. The highest BCUT2D eigenvalue weighted by atomic mass is 79.9. The molecule has 1 N–H and O–H groups in total. The highest BCUT2D eigenvalue weighted by Crippen LogP contribution is 2.28. The topological polar surface area (TPSA) is 40.5 Å². The van der Waals surface area contributed by atoms with Gasteiger partial charge in [-0.15, -0.1) is 0 Å². The number of likely N-dealkylation sites (tertiary alicyclic amines) is 1. The van der Waals surface area contributed by atoms with Gasteiger partial charge in [-0.25, -0.2) is 0 Å². The number of aliphatic carboxylic acids is 1. The van der Waals surface area contributed by atoms with Crippen molar-refractivity contribution in [1.82, 2.24) is 4.90 Å². The molecule has 0 bridgehead atoms. The number of hydrogen-bond donors (Lipinski definition) is 1. The smallest absolute Gasteiger partial charge is 0.308 e. The number of carboxylic acid groups (broad SMARTS) is 1. The van der Waals surface area contributed by atoms with Crippen molar-refractivity contribution in [1.29, 1.82) is 0 Å². The normalized spacial score (nSPS) is 24.4. The summed E-state index contributed by atoms with van der Waals surface area (Å²) in [7, 11) is 0. The Kier molecular flexibility index (Phi) is 4.87. The molecular formula is C14H17BrClNO2. The van der Waals surface area contributed by atoms with Crippen molar-refractivity contribution in [3.8, 4) is 0 Å². The van der Waals surface area contributed by atoms with Gasteiger partial charge in [0.1, 0.15) is 0 Å². The molecule has 2 atom stereocenters. The summed E-state index contributed by atoms with van der Waals surface area (Å²) in [4.78, 5) is 13.4. The zero-order valence-corrected chi connectivity index (χ0v) is 13.1. The van der Waals surface area contributed by atoms with Crippen LogP contribution in [0.15, 0.2) is 22.7 Å². The van der Waals surface area contributed by atoms with Gasteiger partial charge in [-0.2, -0.15) is 0 Å². The molecule has 104 valence electrons. The zero-order chi connectivity index (χ0) is 14.0. The van der Waals surface area contributed by atoms with E-state index in [-0.39, 0.29) is 12.0 Å². The Labute approximate surface area is 126 Å². The van der Waals surface area contributed by atoms with E-state index in [1.165, 1.54) is 0 Å². The fourth-order valence-corrected chi connectivity index (χ4v) is 3.09. The van der Waals surface area contributed by atoms with E-state index in [1.807, 2.05) is 25.1 Å². The number of nitrogens with zero attached hydrogens (tertiary/aromatic N) is 1. The number of halogens is 2. The monoisotopic (exact) mass is 345 g/mol. The van der Waals surface area contributed by atoms with Crippen LogP contribution in [-0.2, 0) is 11.3 Å². The second kappa shape index (κ2) is 6.25. The molecular weight excluding hydrogens is 330 g/mol. The maximum Gasteiger partial charge on any atom is 0.308 e. The number of rotatable bonds is 3. The van der Waals surface area contributed by atoms with Crippen molar-refractivity contribution in [2.45, 2.75) is 32.4 Å². The molecule has 0 amide bonds. The first kappa shape index (κ1) is 14.8. The van der Waals surface area contributed by atoms with Crippen LogP contribution in [0.25, 0.3) is 0 Å². The van der Waals surface area contributed by atoms with Crippen LogP contribution in [0.1, 0.15) is 25.3 Å². The number of carboxylic acids is 1. The molecule has 1 aromatic carbocycles. The third-order valence-corrected chi connectivity index (χ3v) is 5.04. The minimum atomic E-state index is -0.689. The average molecular weight is 347 g/mol. The summed E-state index contributed by atoms with van der Waals surface area (Å²) in [6.45, 7) is 3.69. The lowest BCUT2D eigenvalue weighted by molar-refractivity contribution is -0.145. The molecule has 0 aromatic heterocycles. The molecule has 0 radical (unpaired) electrons. The lowest BCUT2D eigenvalue weighted by Crippen LogP contribution is -2.45. The minimum absolute atomic E-state index is 0.0636. The van der Waals surface area contributed by atoms with Crippen LogP contribution in [0, 0.1) is 5.92 Å². The van der Waals surface area contributed by atoms with E-state index in [9.17, 15) is 9.90 Å². The molecule has 1 fully saturated rings. The van der Waals surface area contributed by atoms with Gasteiger partial charge < -0.3 is 5.11 Å². The highest BCUT2D eigenvalue weighted by Gasteiger charge is 2.32. The number of benzene rings is 1. The maximum absolute atomic E-state index is 11.2. The fourth-order valence-electron chi connectivity index (χ4n) is 2.64. The van der Waals surface area contributed by atoms with E-state index >= 15 is 0 Å². The van der Waals surface area contributed by atoms with Gasteiger partial charge in [0, 0.05) is 17.1 Å². The predicted molar refractivity (Wildman–Crippen MR) is 79.4 cm³/mol. The van der Waals surface area contributed by atoms with Crippen molar-refractivity contribution < 1.29 is 9.90 Å². The molecule has 19 heavy (non-hydrogen) atoms. The van der Waals surface area contributed by atoms with E-state index < -0.39 is 5.97 Å². The molecule has 0 aliphatic carbocycles. The first-order valence-electron chi connectivity index (χ1n) is 6.40. The van der Waals surface area contributed by atoms with Gasteiger partial charge in [-0.05, 0) is 59.9 Å². The first-order chi connectivity index (χ1) is 8.99. The first-order valence-corrected chi connectivity index (χ1v) is 7.57. The molecule has 1 aliphatic heterocycles. The predicted octanol–water partition coefficient (Wildman–Crippen LogP) is 3.79. The molecule has 2 rings (SSSR count). The Balaban J connectivity index is 2.09. The highest BCUT2D eigenvalue weighted by molar-refractivity contribution is 9.10. The van der Waals surface area contributed by atoms with Crippen molar-refractivity contribution in [2.24, 2.45) is 5.92 Å². The summed E-state index contributed by atoms with van der Waals surface area (Å²) >= 11 is 9.46. The van der Waals surface area contributed by atoms with E-state index in [2.05, 4.69) is 20.8 Å². The Bertz CT molecular complexity index is 481. The maximum atomic E-state index is 11.2. The van der Waals surface area contributed by atoms with Gasteiger partial charge in [0.25, 0.3) is 0 Å². The standard InChI is InChI=1S/C14H17BrClNO2/c1-9-11(14(18)19)3-2-6-17(9)8-10-4-5-12(15)13(16)7-10/h4-5,7,9,11H,2-3,6,8H2,1H3,(H,18,19)/t9-,11-/m1/s1. The molecule has 1 aromatic rings. The summed E-state index contributed by atoms with van der Waals surface area (Å²) in [5, 5.41) is 9.91. The number of hydrogen-bond acceptors (Lipinski definition) is 2. The van der Waals surface area contributed by atoms with Crippen LogP contribution in [0.2, 0.25) is 5.02 Å². The zero-order valence-electron chi connectivity index (χ0n) is 10.8. The molecule has 1 aliphatic rings. The molecule has 0 saturated carbocycles. The van der Waals surface area contributed by atoms with Gasteiger partial charge in [-0.1, -0.05) is 17.7 Å². The van der Waals surface area contributed by atoms with Crippen molar-refractivity contribution in [2.75, 3.05) is 6.54 Å². The summed E-state index contributed by atoms with van der Waals surface area (Å²) in [6, 6.07) is 5.95. The van der Waals surface area contributed by atoms with Crippen molar-refractivity contribution in [3.05, 3.63) is 33.3 Å². The fraction of sp³-hybridized carbons (Fsp3) is 0.500. The summed E-state index contributed by atoms with van der Waals surface area (Å²) in [5.74, 6) is -0.953. The lowest BCUT2D eigenvalue weighted by Gasteiger charge is -2.37. The third kappa shape index (κ3) is 3.50. The van der Waals surface area contributed by atoms with Gasteiger partial charge in [0.05, 0.1) is 10.9 Å². The van der Waals surface area contributed by atoms with Crippen LogP contribution < -0.4 is 0 Å².